The van der Waals surface area contributed by atoms with Crippen LogP contribution in [0.4, 0.5) is 0 Å². The Labute approximate surface area is 122 Å². The van der Waals surface area contributed by atoms with Gasteiger partial charge in [-0.3, -0.25) is 0 Å². The average Bonchev–Trinajstić information content (AvgIpc) is 2.45. The SMILES string of the molecule is O=C(O)c1cc(Cl)ccc1OCCOC1CCCCO1. The smallest absolute Gasteiger partial charge is 0.339 e. The summed E-state index contributed by atoms with van der Waals surface area (Å²) in [5.41, 5.74) is 0.0476. The molecule has 0 saturated carbocycles. The number of carboxylic acid groups (broad SMARTS) is 1. The fourth-order valence-electron chi connectivity index (χ4n) is 1.97. The number of carbonyl (C=O) groups is 1. The Kier molecular flexibility index (Phi) is 5.64. The fourth-order valence-corrected chi connectivity index (χ4v) is 2.14. The zero-order valence-corrected chi connectivity index (χ0v) is 11.8. The lowest BCUT2D eigenvalue weighted by Gasteiger charge is -2.22. The normalized spacial score (nSPS) is 18.8. The summed E-state index contributed by atoms with van der Waals surface area (Å²) in [5.74, 6) is -0.783. The van der Waals surface area contributed by atoms with Crippen LogP contribution in [0.3, 0.4) is 0 Å². The van der Waals surface area contributed by atoms with Crippen molar-refractivity contribution in [2.24, 2.45) is 0 Å². The zero-order chi connectivity index (χ0) is 14.4. The summed E-state index contributed by atoms with van der Waals surface area (Å²) in [6.45, 7) is 1.35. The van der Waals surface area contributed by atoms with Gasteiger partial charge in [-0.2, -0.15) is 0 Å². The maximum atomic E-state index is 11.1. The molecule has 0 aromatic heterocycles. The molecule has 110 valence electrons. The number of halogens is 1. The lowest BCUT2D eigenvalue weighted by atomic mass is 10.2. The molecule has 1 aromatic carbocycles. The van der Waals surface area contributed by atoms with Gasteiger partial charge in [-0.1, -0.05) is 11.6 Å². The number of hydrogen-bond acceptors (Lipinski definition) is 4. The van der Waals surface area contributed by atoms with Crippen LogP contribution in [0, 0.1) is 0 Å². The van der Waals surface area contributed by atoms with Gasteiger partial charge >= 0.3 is 5.97 Å². The standard InChI is InChI=1S/C14H17ClO5/c15-10-4-5-12(11(9-10)14(16)17)18-7-8-20-13-3-1-2-6-19-13/h4-5,9,13H,1-3,6-8H2,(H,16,17). The predicted molar refractivity (Wildman–Crippen MR) is 73.4 cm³/mol. The molecule has 6 heteroatoms. The minimum Gasteiger partial charge on any atom is -0.490 e. The number of hydrogen-bond donors (Lipinski definition) is 1. The highest BCUT2D eigenvalue weighted by Gasteiger charge is 2.15. The van der Waals surface area contributed by atoms with Gasteiger partial charge in [0.25, 0.3) is 0 Å². The molecule has 0 spiro atoms. The van der Waals surface area contributed by atoms with Crippen LogP contribution in [0.1, 0.15) is 29.6 Å². The summed E-state index contributed by atoms with van der Waals surface area (Å²) < 4.78 is 16.4. The first kappa shape index (κ1) is 15.1. The van der Waals surface area contributed by atoms with Crippen molar-refractivity contribution in [3.8, 4) is 5.75 Å². The van der Waals surface area contributed by atoms with E-state index in [-0.39, 0.29) is 24.2 Å². The number of ether oxygens (including phenoxy) is 3. The summed E-state index contributed by atoms with van der Waals surface area (Å²) >= 11 is 5.76. The maximum absolute atomic E-state index is 11.1. The van der Waals surface area contributed by atoms with Gasteiger partial charge < -0.3 is 19.3 Å². The molecule has 0 radical (unpaired) electrons. The number of carboxylic acids is 1. The van der Waals surface area contributed by atoms with Gasteiger partial charge in [0.2, 0.25) is 0 Å². The minimum absolute atomic E-state index is 0.0476. The van der Waals surface area contributed by atoms with Gasteiger partial charge in [0.1, 0.15) is 17.9 Å². The molecule has 1 aliphatic rings. The zero-order valence-electron chi connectivity index (χ0n) is 11.0. The molecule has 1 aromatic rings. The summed E-state index contributed by atoms with van der Waals surface area (Å²) in [5, 5.41) is 9.42. The lowest BCUT2D eigenvalue weighted by molar-refractivity contribution is -0.165. The molecule has 0 amide bonds. The van der Waals surface area contributed by atoms with Crippen LogP contribution in [-0.2, 0) is 9.47 Å². The molecular formula is C14H17ClO5. The van der Waals surface area contributed by atoms with E-state index in [0.717, 1.165) is 25.9 Å². The topological polar surface area (TPSA) is 65.0 Å². The van der Waals surface area contributed by atoms with Gasteiger partial charge in [0.15, 0.2) is 6.29 Å². The van der Waals surface area contributed by atoms with E-state index >= 15 is 0 Å². The van der Waals surface area contributed by atoms with E-state index in [1.165, 1.54) is 6.07 Å². The first-order valence-electron chi connectivity index (χ1n) is 6.55. The van der Waals surface area contributed by atoms with Gasteiger partial charge in [0.05, 0.1) is 6.61 Å². The maximum Gasteiger partial charge on any atom is 0.339 e. The van der Waals surface area contributed by atoms with Gasteiger partial charge in [-0.05, 0) is 37.5 Å². The van der Waals surface area contributed by atoms with Crippen molar-refractivity contribution >= 4 is 17.6 Å². The van der Waals surface area contributed by atoms with E-state index < -0.39 is 5.97 Å². The molecule has 20 heavy (non-hydrogen) atoms. The Morgan fingerprint density at radius 2 is 2.25 bits per heavy atom. The molecule has 1 aliphatic heterocycles. The van der Waals surface area contributed by atoms with Crippen LogP contribution < -0.4 is 4.74 Å². The average molecular weight is 301 g/mol. The molecule has 5 nitrogen and oxygen atoms in total. The highest BCUT2D eigenvalue weighted by molar-refractivity contribution is 6.31. The molecule has 1 saturated heterocycles. The van der Waals surface area contributed by atoms with Crippen molar-refractivity contribution in [2.75, 3.05) is 19.8 Å². The number of rotatable bonds is 6. The van der Waals surface area contributed by atoms with Crippen LogP contribution >= 0.6 is 11.6 Å². The third-order valence-corrected chi connectivity index (χ3v) is 3.19. The van der Waals surface area contributed by atoms with Crippen LogP contribution in [0.15, 0.2) is 18.2 Å². The highest BCUT2D eigenvalue weighted by atomic mass is 35.5. The summed E-state index contributed by atoms with van der Waals surface area (Å²) in [6, 6.07) is 4.50. The van der Waals surface area contributed by atoms with Crippen LogP contribution in [0.2, 0.25) is 5.02 Å². The molecular weight excluding hydrogens is 284 g/mol. The first-order chi connectivity index (χ1) is 9.66. The highest BCUT2D eigenvalue weighted by Crippen LogP contribution is 2.23. The van der Waals surface area contributed by atoms with Crippen molar-refractivity contribution in [3.05, 3.63) is 28.8 Å². The van der Waals surface area contributed by atoms with Crippen molar-refractivity contribution in [1.29, 1.82) is 0 Å². The van der Waals surface area contributed by atoms with Crippen molar-refractivity contribution < 1.29 is 24.1 Å². The van der Waals surface area contributed by atoms with E-state index in [9.17, 15) is 4.79 Å². The Hall–Kier alpha value is -1.30. The third-order valence-electron chi connectivity index (χ3n) is 2.95. The van der Waals surface area contributed by atoms with E-state index in [1.807, 2.05) is 0 Å². The molecule has 1 heterocycles. The van der Waals surface area contributed by atoms with Gasteiger partial charge in [-0.15, -0.1) is 0 Å². The van der Waals surface area contributed by atoms with E-state index in [4.69, 9.17) is 30.9 Å². The number of aromatic carboxylic acids is 1. The van der Waals surface area contributed by atoms with Crippen molar-refractivity contribution in [2.45, 2.75) is 25.6 Å². The molecule has 1 unspecified atom stereocenters. The van der Waals surface area contributed by atoms with Crippen LogP contribution in [-0.4, -0.2) is 37.2 Å². The Balaban J connectivity index is 1.80. The molecule has 0 aliphatic carbocycles. The lowest BCUT2D eigenvalue weighted by Crippen LogP contribution is -2.24. The van der Waals surface area contributed by atoms with Crippen molar-refractivity contribution in [3.63, 3.8) is 0 Å². The fraction of sp³-hybridized carbons (Fsp3) is 0.500. The molecule has 1 N–H and O–H groups in total. The second kappa shape index (κ2) is 7.47. The Morgan fingerprint density at radius 1 is 1.40 bits per heavy atom. The van der Waals surface area contributed by atoms with Crippen molar-refractivity contribution in [1.82, 2.24) is 0 Å². The van der Waals surface area contributed by atoms with E-state index in [0.29, 0.717) is 11.6 Å². The van der Waals surface area contributed by atoms with Crippen LogP contribution in [0.25, 0.3) is 0 Å². The van der Waals surface area contributed by atoms with E-state index in [2.05, 4.69) is 0 Å². The third kappa shape index (κ3) is 4.37. The summed E-state index contributed by atoms with van der Waals surface area (Å²) in [7, 11) is 0. The molecule has 2 rings (SSSR count). The monoisotopic (exact) mass is 300 g/mol. The quantitative estimate of drug-likeness (QED) is 0.818. The predicted octanol–water partition coefficient (Wildman–Crippen LogP) is 2.96. The second-order valence-corrected chi connectivity index (χ2v) is 4.90. The molecule has 1 fully saturated rings. The van der Waals surface area contributed by atoms with Gasteiger partial charge in [-0.25, -0.2) is 4.79 Å². The Bertz CT molecular complexity index is 457. The molecule has 1 atom stereocenters. The first-order valence-corrected chi connectivity index (χ1v) is 6.93. The second-order valence-electron chi connectivity index (χ2n) is 4.46. The van der Waals surface area contributed by atoms with Gasteiger partial charge in [0, 0.05) is 11.6 Å². The summed E-state index contributed by atoms with van der Waals surface area (Å²) in [4.78, 5) is 11.1. The van der Waals surface area contributed by atoms with E-state index in [1.54, 1.807) is 12.1 Å². The molecule has 0 bridgehead atoms. The largest absolute Gasteiger partial charge is 0.490 e. The Morgan fingerprint density at radius 3 is 2.95 bits per heavy atom. The summed E-state index contributed by atoms with van der Waals surface area (Å²) in [6.07, 6.45) is 2.90. The minimum atomic E-state index is -1.07. The van der Waals surface area contributed by atoms with Crippen LogP contribution in [0.5, 0.6) is 5.75 Å². The number of benzene rings is 1.